The molecular formula is C31H32ClFN4O4. The van der Waals surface area contributed by atoms with Crippen LogP contribution in [0.1, 0.15) is 61.2 Å². The molecule has 3 aromatic heterocycles. The molecule has 41 heavy (non-hydrogen) atoms. The first-order valence-electron chi connectivity index (χ1n) is 13.3. The molecular weight excluding hydrogens is 547 g/mol. The Bertz CT molecular complexity index is 1660. The van der Waals surface area contributed by atoms with Crippen LogP contribution in [-0.4, -0.2) is 59.0 Å². The van der Waals surface area contributed by atoms with Crippen molar-refractivity contribution in [3.63, 3.8) is 0 Å². The van der Waals surface area contributed by atoms with Gasteiger partial charge in [-0.3, -0.25) is 4.79 Å². The Morgan fingerprint density at radius 1 is 1.07 bits per heavy atom. The molecule has 4 aromatic rings. The summed E-state index contributed by atoms with van der Waals surface area (Å²) in [6, 6.07) is 13.3. The first-order chi connectivity index (χ1) is 19.3. The summed E-state index contributed by atoms with van der Waals surface area (Å²) in [5.41, 5.74) is 2.35. The van der Waals surface area contributed by atoms with Crippen molar-refractivity contribution in [3.8, 4) is 11.3 Å². The minimum Gasteiger partial charge on any atom is -0.464 e. The maximum atomic E-state index is 14.3. The molecule has 0 aliphatic carbocycles. The van der Waals surface area contributed by atoms with E-state index in [0.717, 1.165) is 5.56 Å². The normalized spacial score (nSPS) is 15.3. The van der Waals surface area contributed by atoms with Gasteiger partial charge in [0.05, 0.1) is 23.4 Å². The Labute approximate surface area is 243 Å². The fourth-order valence-electron chi connectivity index (χ4n) is 5.17. The summed E-state index contributed by atoms with van der Waals surface area (Å²) in [6.07, 6.45) is 0. The summed E-state index contributed by atoms with van der Waals surface area (Å²) in [4.78, 5) is 38.8. The van der Waals surface area contributed by atoms with Gasteiger partial charge < -0.3 is 19.0 Å². The third-order valence-corrected chi connectivity index (χ3v) is 7.62. The van der Waals surface area contributed by atoms with Crippen LogP contribution in [0.25, 0.3) is 22.4 Å². The van der Waals surface area contributed by atoms with Gasteiger partial charge in [-0.25, -0.2) is 19.2 Å². The molecule has 1 aliphatic rings. The fraction of sp³-hybridized carbons (Fsp3) is 0.355. The van der Waals surface area contributed by atoms with E-state index in [4.69, 9.17) is 25.7 Å². The molecule has 0 saturated carbocycles. The Morgan fingerprint density at radius 2 is 1.83 bits per heavy atom. The van der Waals surface area contributed by atoms with Crippen LogP contribution in [0, 0.1) is 5.82 Å². The number of methoxy groups -OCH3 is 1. The van der Waals surface area contributed by atoms with E-state index < -0.39 is 17.3 Å². The van der Waals surface area contributed by atoms with Gasteiger partial charge in [0.2, 0.25) is 0 Å². The number of rotatable bonds is 4. The number of hydrogen-bond donors (Lipinski definition) is 0. The van der Waals surface area contributed by atoms with Gasteiger partial charge in [-0.15, -0.1) is 0 Å². The summed E-state index contributed by atoms with van der Waals surface area (Å²) in [5, 5.41) is 0.0386. The minimum atomic E-state index is -0.580. The Balaban J connectivity index is 1.46. The summed E-state index contributed by atoms with van der Waals surface area (Å²) in [6.45, 7) is 11.5. The number of ether oxygens (including phenoxy) is 1. The molecule has 10 heteroatoms. The van der Waals surface area contributed by atoms with Gasteiger partial charge in [-0.05, 0) is 49.6 Å². The van der Waals surface area contributed by atoms with E-state index in [0.29, 0.717) is 47.8 Å². The van der Waals surface area contributed by atoms with E-state index in [1.54, 1.807) is 29.2 Å². The first-order valence-corrected chi connectivity index (χ1v) is 13.7. The van der Waals surface area contributed by atoms with Gasteiger partial charge in [0.15, 0.2) is 17.0 Å². The van der Waals surface area contributed by atoms with Gasteiger partial charge in [0, 0.05) is 36.8 Å². The van der Waals surface area contributed by atoms with Crippen LogP contribution in [0.5, 0.6) is 0 Å². The molecule has 0 unspecified atom stereocenters. The largest absolute Gasteiger partial charge is 0.464 e. The van der Waals surface area contributed by atoms with Crippen LogP contribution < -0.4 is 4.90 Å². The standard InChI is InChI=1S/C31H32ClFN4O4/c1-30(2,3)19-15-23(18-10-11-20(32)21(33)14-18)34-24-16-25(41-27(19)24)28(38)37-13-12-36(17-31(37,4)5)26-9-7-8-22(35-26)29(39)40-6/h7-11,14-16H,12-13,17H2,1-6H3. The molecule has 1 aromatic carbocycles. The van der Waals surface area contributed by atoms with Crippen LogP contribution >= 0.6 is 11.6 Å². The van der Waals surface area contributed by atoms with Crippen LogP contribution in [0.2, 0.25) is 5.02 Å². The van der Waals surface area contributed by atoms with E-state index in [9.17, 15) is 14.0 Å². The maximum Gasteiger partial charge on any atom is 0.356 e. The summed E-state index contributed by atoms with van der Waals surface area (Å²) in [5.74, 6) is -0.452. The number of aromatic nitrogens is 2. The van der Waals surface area contributed by atoms with E-state index in [-0.39, 0.29) is 27.8 Å². The van der Waals surface area contributed by atoms with Gasteiger partial charge in [-0.1, -0.05) is 44.5 Å². The number of anilines is 1. The number of furan rings is 1. The SMILES string of the molecule is COC(=O)c1cccc(N2CCN(C(=O)c3cc4nc(-c5ccc(Cl)c(F)c5)cc(C(C)(C)C)c4o3)C(C)(C)C2)n1. The monoisotopic (exact) mass is 578 g/mol. The van der Waals surface area contributed by atoms with E-state index in [1.807, 2.05) is 51.7 Å². The lowest BCUT2D eigenvalue weighted by Gasteiger charge is -2.47. The van der Waals surface area contributed by atoms with Crippen LogP contribution in [0.4, 0.5) is 10.2 Å². The number of nitrogens with zero attached hydrogens (tertiary/aromatic N) is 4. The number of pyridine rings is 2. The second-order valence-corrected chi connectivity index (χ2v) is 12.2. The van der Waals surface area contributed by atoms with Crippen LogP contribution in [0.3, 0.4) is 0 Å². The molecule has 1 amide bonds. The molecule has 1 fully saturated rings. The smallest absolute Gasteiger partial charge is 0.356 e. The molecule has 214 valence electrons. The summed E-state index contributed by atoms with van der Waals surface area (Å²) < 4.78 is 25.3. The average molecular weight is 579 g/mol. The molecule has 0 bridgehead atoms. The quantitative estimate of drug-likeness (QED) is 0.255. The Kier molecular flexibility index (Phi) is 7.27. The second-order valence-electron chi connectivity index (χ2n) is 11.8. The third kappa shape index (κ3) is 5.51. The van der Waals surface area contributed by atoms with E-state index >= 15 is 0 Å². The highest BCUT2D eigenvalue weighted by Gasteiger charge is 2.39. The number of hydrogen-bond acceptors (Lipinski definition) is 7. The predicted octanol–water partition coefficient (Wildman–Crippen LogP) is 6.51. The molecule has 1 saturated heterocycles. The highest BCUT2D eigenvalue weighted by Crippen LogP contribution is 2.36. The average Bonchev–Trinajstić information content (AvgIpc) is 3.36. The number of amides is 1. The topological polar surface area (TPSA) is 88.8 Å². The van der Waals surface area contributed by atoms with Crippen molar-refractivity contribution >= 4 is 40.4 Å². The lowest BCUT2D eigenvalue weighted by Crippen LogP contribution is -2.61. The summed E-state index contributed by atoms with van der Waals surface area (Å²) in [7, 11) is 1.32. The summed E-state index contributed by atoms with van der Waals surface area (Å²) >= 11 is 5.89. The molecule has 0 spiro atoms. The van der Waals surface area contributed by atoms with Crippen molar-refractivity contribution in [1.82, 2.24) is 14.9 Å². The second kappa shape index (κ2) is 10.4. The van der Waals surface area contributed by atoms with Crippen molar-refractivity contribution in [2.45, 2.75) is 45.6 Å². The van der Waals surface area contributed by atoms with Crippen molar-refractivity contribution in [3.05, 3.63) is 76.4 Å². The molecule has 0 N–H and O–H groups in total. The number of carbonyl (C=O) groups excluding carboxylic acids is 2. The molecule has 8 nitrogen and oxygen atoms in total. The van der Waals surface area contributed by atoms with Crippen LogP contribution in [0.15, 0.2) is 52.9 Å². The lowest BCUT2D eigenvalue weighted by molar-refractivity contribution is 0.0483. The lowest BCUT2D eigenvalue weighted by atomic mass is 9.86. The Hall–Kier alpha value is -3.98. The highest BCUT2D eigenvalue weighted by molar-refractivity contribution is 6.30. The number of carbonyl (C=O) groups is 2. The third-order valence-electron chi connectivity index (χ3n) is 7.31. The highest BCUT2D eigenvalue weighted by atomic mass is 35.5. The van der Waals surface area contributed by atoms with E-state index in [1.165, 1.54) is 19.2 Å². The zero-order valence-corrected chi connectivity index (χ0v) is 24.7. The van der Waals surface area contributed by atoms with Crippen LogP contribution in [-0.2, 0) is 10.2 Å². The number of benzene rings is 1. The number of esters is 1. The Morgan fingerprint density at radius 3 is 2.49 bits per heavy atom. The van der Waals surface area contributed by atoms with Gasteiger partial charge in [0.25, 0.3) is 5.91 Å². The number of halogens is 2. The van der Waals surface area contributed by atoms with E-state index in [2.05, 4.69) is 4.98 Å². The van der Waals surface area contributed by atoms with Gasteiger partial charge in [-0.2, -0.15) is 0 Å². The maximum absolute atomic E-state index is 14.3. The van der Waals surface area contributed by atoms with Crippen molar-refractivity contribution in [2.75, 3.05) is 31.6 Å². The number of piperazine rings is 1. The molecule has 0 radical (unpaired) electrons. The van der Waals surface area contributed by atoms with Gasteiger partial charge in [0.1, 0.15) is 17.2 Å². The van der Waals surface area contributed by atoms with Crippen molar-refractivity contribution in [2.24, 2.45) is 0 Å². The fourth-order valence-corrected chi connectivity index (χ4v) is 5.28. The number of fused-ring (bicyclic) bond motifs is 1. The molecule has 4 heterocycles. The minimum absolute atomic E-state index is 0.0386. The first kappa shape index (κ1) is 28.5. The molecule has 1 aliphatic heterocycles. The molecule has 5 rings (SSSR count). The predicted molar refractivity (Wildman–Crippen MR) is 156 cm³/mol. The van der Waals surface area contributed by atoms with Crippen molar-refractivity contribution < 1.29 is 23.1 Å². The zero-order chi connectivity index (χ0) is 29.7. The van der Waals surface area contributed by atoms with Crippen molar-refractivity contribution in [1.29, 1.82) is 0 Å². The molecule has 0 atom stereocenters. The van der Waals surface area contributed by atoms with Gasteiger partial charge >= 0.3 is 5.97 Å². The zero-order valence-electron chi connectivity index (χ0n) is 23.9.